The second-order valence-electron chi connectivity index (χ2n) is 6.91. The first-order valence-electron chi connectivity index (χ1n) is 10.2. The monoisotopic (exact) mass is 356 g/mol. The summed E-state index contributed by atoms with van der Waals surface area (Å²) in [5.74, 6) is -0.448. The van der Waals surface area contributed by atoms with E-state index in [1.54, 1.807) is 12.4 Å². The van der Waals surface area contributed by atoms with Crippen molar-refractivity contribution in [3.8, 4) is 0 Å². The minimum atomic E-state index is -0.247. The van der Waals surface area contributed by atoms with Crippen LogP contribution < -0.4 is 5.73 Å². The highest BCUT2D eigenvalue weighted by Gasteiger charge is 2.17. The average molecular weight is 357 g/mol. The van der Waals surface area contributed by atoms with Gasteiger partial charge < -0.3 is 5.73 Å². The molecule has 144 valence electrons. The van der Waals surface area contributed by atoms with Crippen molar-refractivity contribution in [1.82, 2.24) is 4.98 Å². The van der Waals surface area contributed by atoms with Gasteiger partial charge in [-0.2, -0.15) is 0 Å². The summed E-state index contributed by atoms with van der Waals surface area (Å²) in [5, 5.41) is 0. The van der Waals surface area contributed by atoms with E-state index in [1.165, 1.54) is 38.5 Å². The van der Waals surface area contributed by atoms with Crippen molar-refractivity contribution in [1.29, 1.82) is 0 Å². The summed E-state index contributed by atoms with van der Waals surface area (Å²) in [6.45, 7) is 2.24. The van der Waals surface area contributed by atoms with Crippen LogP contribution in [0, 0.1) is 0 Å². The zero-order valence-corrected chi connectivity index (χ0v) is 16.4. The first kappa shape index (κ1) is 22.1. The molecule has 0 spiro atoms. The van der Waals surface area contributed by atoms with Crippen molar-refractivity contribution in [3.63, 3.8) is 0 Å². The fourth-order valence-electron chi connectivity index (χ4n) is 3.04. The molecule has 0 saturated heterocycles. The van der Waals surface area contributed by atoms with Crippen LogP contribution in [0.4, 0.5) is 0 Å². The Labute approximate surface area is 159 Å². The summed E-state index contributed by atoms with van der Waals surface area (Å²) in [5.41, 5.74) is 6.48. The summed E-state index contributed by atoms with van der Waals surface area (Å²) in [7, 11) is 0. The lowest BCUT2D eigenvalue weighted by atomic mass is 9.93. The van der Waals surface area contributed by atoms with Gasteiger partial charge in [0, 0.05) is 12.4 Å². The van der Waals surface area contributed by atoms with Gasteiger partial charge in [0.05, 0.1) is 5.92 Å². The summed E-state index contributed by atoms with van der Waals surface area (Å²) in [6.07, 6.45) is 25.4. The van der Waals surface area contributed by atoms with E-state index in [4.69, 9.17) is 5.73 Å². The summed E-state index contributed by atoms with van der Waals surface area (Å²) >= 11 is 0. The second kappa shape index (κ2) is 15.4. The van der Waals surface area contributed by atoms with Gasteiger partial charge in [0.25, 0.3) is 0 Å². The molecule has 0 aromatic carbocycles. The number of carbonyl (C=O) groups is 1. The van der Waals surface area contributed by atoms with Gasteiger partial charge in [0.1, 0.15) is 0 Å². The maximum Gasteiger partial charge on any atom is 0.225 e. The highest BCUT2D eigenvalue weighted by Crippen LogP contribution is 2.21. The van der Waals surface area contributed by atoms with Gasteiger partial charge in [-0.05, 0) is 50.2 Å². The number of carbonyl (C=O) groups excluding carboxylic acids is 1. The quantitative estimate of drug-likeness (QED) is 0.306. The molecule has 0 aliphatic heterocycles. The Morgan fingerprint density at radius 3 is 2.35 bits per heavy atom. The van der Waals surface area contributed by atoms with E-state index in [2.05, 4.69) is 36.2 Å². The number of rotatable bonds is 15. The predicted octanol–water partition coefficient (Wildman–Crippen LogP) is 6.07. The highest BCUT2D eigenvalue weighted by atomic mass is 16.1. The Hall–Kier alpha value is -1.90. The zero-order valence-electron chi connectivity index (χ0n) is 16.4. The van der Waals surface area contributed by atoms with Crippen molar-refractivity contribution in [2.75, 3.05) is 0 Å². The van der Waals surface area contributed by atoms with Crippen LogP contribution in [0.1, 0.15) is 89.0 Å². The van der Waals surface area contributed by atoms with Crippen molar-refractivity contribution < 1.29 is 4.79 Å². The number of primary amides is 1. The number of nitrogens with two attached hydrogens (primary N) is 1. The normalized spacial score (nSPS) is 12.8. The van der Waals surface area contributed by atoms with Crippen LogP contribution in [-0.4, -0.2) is 10.9 Å². The van der Waals surface area contributed by atoms with Crippen LogP contribution in [-0.2, 0) is 4.79 Å². The van der Waals surface area contributed by atoms with Crippen molar-refractivity contribution in [2.24, 2.45) is 5.73 Å². The number of hydrogen-bond donors (Lipinski definition) is 1. The molecule has 0 saturated carbocycles. The van der Waals surface area contributed by atoms with E-state index in [1.807, 2.05) is 12.1 Å². The van der Waals surface area contributed by atoms with Gasteiger partial charge >= 0.3 is 0 Å². The Kier molecular flexibility index (Phi) is 13.1. The van der Waals surface area contributed by atoms with Gasteiger partial charge in [-0.15, -0.1) is 0 Å². The lowest BCUT2D eigenvalue weighted by Gasteiger charge is -2.12. The van der Waals surface area contributed by atoms with E-state index in [9.17, 15) is 4.79 Å². The molecule has 1 rings (SSSR count). The third-order valence-electron chi connectivity index (χ3n) is 4.62. The van der Waals surface area contributed by atoms with Crippen LogP contribution in [0.2, 0.25) is 0 Å². The van der Waals surface area contributed by atoms with Crippen molar-refractivity contribution in [2.45, 2.75) is 83.5 Å². The molecule has 3 heteroatoms. The van der Waals surface area contributed by atoms with Gasteiger partial charge in [-0.3, -0.25) is 9.78 Å². The Bertz CT molecular complexity index is 522. The Balaban J connectivity index is 2.04. The highest BCUT2D eigenvalue weighted by molar-refractivity contribution is 5.81. The fourth-order valence-corrected chi connectivity index (χ4v) is 3.04. The third kappa shape index (κ3) is 10.9. The third-order valence-corrected chi connectivity index (χ3v) is 4.62. The zero-order chi connectivity index (χ0) is 18.9. The van der Waals surface area contributed by atoms with Crippen LogP contribution in [0.25, 0.3) is 0 Å². The van der Waals surface area contributed by atoms with Crippen LogP contribution in [0.3, 0.4) is 0 Å². The number of amides is 1. The molecular formula is C23H36N2O. The maximum atomic E-state index is 11.6. The molecular weight excluding hydrogens is 320 g/mol. The molecule has 1 aromatic rings. The minimum absolute atomic E-state index is 0.201. The molecule has 1 unspecified atom stereocenters. The molecule has 0 radical (unpaired) electrons. The summed E-state index contributed by atoms with van der Waals surface area (Å²) in [4.78, 5) is 15.7. The van der Waals surface area contributed by atoms with E-state index in [0.29, 0.717) is 0 Å². The molecule has 1 atom stereocenters. The molecule has 1 heterocycles. The molecule has 0 aliphatic rings. The maximum absolute atomic E-state index is 11.6. The molecule has 0 bridgehead atoms. The summed E-state index contributed by atoms with van der Waals surface area (Å²) < 4.78 is 0. The number of aromatic nitrogens is 1. The van der Waals surface area contributed by atoms with Gasteiger partial charge in [-0.25, -0.2) is 0 Å². The fraction of sp³-hybridized carbons (Fsp3) is 0.565. The van der Waals surface area contributed by atoms with E-state index >= 15 is 0 Å². The van der Waals surface area contributed by atoms with E-state index in [0.717, 1.165) is 37.7 Å². The molecule has 0 aliphatic carbocycles. The van der Waals surface area contributed by atoms with Gasteiger partial charge in [0.15, 0.2) is 0 Å². The topological polar surface area (TPSA) is 56.0 Å². The Morgan fingerprint density at radius 1 is 1.04 bits per heavy atom. The SMILES string of the molecule is CCCCC/C=C\C/C=C\CCCCCCC(C(N)=O)c1cccnc1. The molecule has 1 aromatic heterocycles. The standard InChI is InChI=1S/C23H36N2O/c1-2-3-4-5-6-7-8-9-10-11-12-13-14-15-18-22(23(24)26)21-17-16-19-25-20-21/h6-7,9-10,16-17,19-20,22H,2-5,8,11-15,18H2,1H3,(H2,24,26)/b7-6-,10-9-. The van der Waals surface area contributed by atoms with Gasteiger partial charge in [-0.1, -0.05) is 69.4 Å². The van der Waals surface area contributed by atoms with Crippen molar-refractivity contribution in [3.05, 3.63) is 54.4 Å². The second-order valence-corrected chi connectivity index (χ2v) is 6.91. The molecule has 1 amide bonds. The molecule has 0 fully saturated rings. The number of pyridine rings is 1. The minimum Gasteiger partial charge on any atom is -0.369 e. The first-order valence-corrected chi connectivity index (χ1v) is 10.2. The lowest BCUT2D eigenvalue weighted by molar-refractivity contribution is -0.119. The number of hydrogen-bond acceptors (Lipinski definition) is 2. The van der Waals surface area contributed by atoms with Crippen LogP contribution >= 0.6 is 0 Å². The average Bonchev–Trinajstić information content (AvgIpc) is 2.65. The first-order chi connectivity index (χ1) is 12.8. The number of unbranched alkanes of at least 4 members (excludes halogenated alkanes) is 7. The number of nitrogens with zero attached hydrogens (tertiary/aromatic N) is 1. The molecule has 26 heavy (non-hydrogen) atoms. The smallest absolute Gasteiger partial charge is 0.225 e. The van der Waals surface area contributed by atoms with Crippen LogP contribution in [0.5, 0.6) is 0 Å². The van der Waals surface area contributed by atoms with E-state index in [-0.39, 0.29) is 11.8 Å². The predicted molar refractivity (Wildman–Crippen MR) is 111 cm³/mol. The largest absolute Gasteiger partial charge is 0.369 e. The lowest BCUT2D eigenvalue weighted by Crippen LogP contribution is -2.21. The van der Waals surface area contributed by atoms with Crippen molar-refractivity contribution >= 4 is 5.91 Å². The van der Waals surface area contributed by atoms with Crippen LogP contribution in [0.15, 0.2) is 48.8 Å². The Morgan fingerprint density at radius 2 is 1.73 bits per heavy atom. The number of allylic oxidation sites excluding steroid dienone is 4. The van der Waals surface area contributed by atoms with Gasteiger partial charge in [0.2, 0.25) is 5.91 Å². The summed E-state index contributed by atoms with van der Waals surface area (Å²) in [6, 6.07) is 3.80. The molecule has 2 N–H and O–H groups in total. The molecule has 3 nitrogen and oxygen atoms in total. The van der Waals surface area contributed by atoms with E-state index < -0.39 is 0 Å².